The molecule has 0 saturated heterocycles. The molecule has 2 aromatic rings. The Labute approximate surface area is 164 Å². The standard InChI is InChI=1S/C21H27FN2O2S/c1-13-7-6-10-18(14(13)2)23-20(25)12-27-11-19-15(3)26-21(24-19)16-8-4-5-9-17(16)22/h4-5,8-9,13-14,18H,6-7,10-12H2,1-3H3,(H,23,25)/t13-,14+,18+/m0/s1. The Morgan fingerprint density at radius 1 is 1.33 bits per heavy atom. The van der Waals surface area contributed by atoms with Crippen LogP contribution in [0, 0.1) is 24.6 Å². The number of thioether (sulfide) groups is 1. The van der Waals surface area contributed by atoms with Crippen molar-refractivity contribution in [2.45, 2.75) is 51.8 Å². The number of aromatic nitrogens is 1. The van der Waals surface area contributed by atoms with Crippen molar-refractivity contribution in [2.75, 3.05) is 5.75 Å². The highest BCUT2D eigenvalue weighted by molar-refractivity contribution is 7.99. The predicted molar refractivity (Wildman–Crippen MR) is 107 cm³/mol. The lowest BCUT2D eigenvalue weighted by Gasteiger charge is -2.34. The van der Waals surface area contributed by atoms with Crippen LogP contribution in [0.2, 0.25) is 0 Å². The van der Waals surface area contributed by atoms with Gasteiger partial charge in [0.05, 0.1) is 17.0 Å². The maximum atomic E-state index is 13.9. The van der Waals surface area contributed by atoms with Crippen molar-refractivity contribution in [3.8, 4) is 11.5 Å². The summed E-state index contributed by atoms with van der Waals surface area (Å²) in [5.41, 5.74) is 1.11. The van der Waals surface area contributed by atoms with Crippen molar-refractivity contribution < 1.29 is 13.6 Å². The van der Waals surface area contributed by atoms with Gasteiger partial charge >= 0.3 is 0 Å². The summed E-state index contributed by atoms with van der Waals surface area (Å²) in [5, 5.41) is 3.19. The number of amides is 1. The maximum absolute atomic E-state index is 13.9. The van der Waals surface area contributed by atoms with Crippen LogP contribution in [0.4, 0.5) is 4.39 Å². The van der Waals surface area contributed by atoms with Crippen LogP contribution in [0.15, 0.2) is 28.7 Å². The zero-order valence-corrected chi connectivity index (χ0v) is 16.9. The van der Waals surface area contributed by atoms with Crippen molar-refractivity contribution >= 4 is 17.7 Å². The van der Waals surface area contributed by atoms with E-state index in [0.29, 0.717) is 34.7 Å². The molecule has 1 aliphatic carbocycles. The van der Waals surface area contributed by atoms with E-state index < -0.39 is 0 Å². The average Bonchev–Trinajstić information content (AvgIpc) is 3.00. The SMILES string of the molecule is Cc1oc(-c2ccccc2F)nc1CSCC(=O)N[C@@H]1CCC[C@H](C)[C@H]1C. The van der Waals surface area contributed by atoms with Crippen LogP contribution < -0.4 is 5.32 Å². The highest BCUT2D eigenvalue weighted by atomic mass is 32.2. The lowest BCUT2D eigenvalue weighted by Crippen LogP contribution is -2.44. The van der Waals surface area contributed by atoms with Gasteiger partial charge in [-0.15, -0.1) is 11.8 Å². The Morgan fingerprint density at radius 3 is 2.89 bits per heavy atom. The molecule has 0 radical (unpaired) electrons. The number of nitrogens with one attached hydrogen (secondary N) is 1. The van der Waals surface area contributed by atoms with E-state index in [-0.39, 0.29) is 23.7 Å². The number of nitrogens with zero attached hydrogens (tertiary/aromatic N) is 1. The van der Waals surface area contributed by atoms with E-state index in [1.54, 1.807) is 18.2 Å². The molecular weight excluding hydrogens is 363 g/mol. The number of hydrogen-bond acceptors (Lipinski definition) is 4. The first-order chi connectivity index (χ1) is 13.0. The smallest absolute Gasteiger partial charge is 0.230 e. The molecule has 6 heteroatoms. The minimum absolute atomic E-state index is 0.0708. The predicted octanol–water partition coefficient (Wildman–Crippen LogP) is 4.96. The lowest BCUT2D eigenvalue weighted by atomic mass is 9.78. The summed E-state index contributed by atoms with van der Waals surface area (Å²) < 4.78 is 19.5. The summed E-state index contributed by atoms with van der Waals surface area (Å²) in [6.45, 7) is 6.31. The molecule has 3 rings (SSSR count). The Hall–Kier alpha value is -1.82. The summed E-state index contributed by atoms with van der Waals surface area (Å²) in [7, 11) is 0. The largest absolute Gasteiger partial charge is 0.441 e. The Bertz CT molecular complexity index is 792. The molecule has 4 nitrogen and oxygen atoms in total. The molecule has 1 heterocycles. The molecule has 1 aliphatic rings. The number of oxazole rings is 1. The van der Waals surface area contributed by atoms with Crippen LogP contribution >= 0.6 is 11.8 Å². The van der Waals surface area contributed by atoms with E-state index >= 15 is 0 Å². The van der Waals surface area contributed by atoms with Gasteiger partial charge in [-0.3, -0.25) is 4.79 Å². The topological polar surface area (TPSA) is 55.1 Å². The first kappa shape index (κ1) is 19.9. The van der Waals surface area contributed by atoms with E-state index in [1.165, 1.54) is 30.7 Å². The third-order valence-corrected chi connectivity index (χ3v) is 6.47. The van der Waals surface area contributed by atoms with Crippen molar-refractivity contribution in [3.05, 3.63) is 41.5 Å². The number of carbonyl (C=O) groups is 1. The molecule has 0 aliphatic heterocycles. The number of carbonyl (C=O) groups excluding carboxylic acids is 1. The first-order valence-corrected chi connectivity index (χ1v) is 10.7. The summed E-state index contributed by atoms with van der Waals surface area (Å²) >= 11 is 1.50. The zero-order valence-electron chi connectivity index (χ0n) is 16.1. The second kappa shape index (κ2) is 8.91. The van der Waals surface area contributed by atoms with Gasteiger partial charge in [0.25, 0.3) is 0 Å². The van der Waals surface area contributed by atoms with Crippen LogP contribution in [-0.4, -0.2) is 22.7 Å². The fourth-order valence-electron chi connectivity index (χ4n) is 3.59. The lowest BCUT2D eigenvalue weighted by molar-refractivity contribution is -0.119. The number of hydrogen-bond donors (Lipinski definition) is 1. The average molecular weight is 391 g/mol. The normalized spacial score (nSPS) is 22.6. The molecule has 0 unspecified atom stereocenters. The van der Waals surface area contributed by atoms with Gasteiger partial charge in [-0.25, -0.2) is 9.37 Å². The van der Waals surface area contributed by atoms with Gasteiger partial charge in [0.2, 0.25) is 11.8 Å². The fraction of sp³-hybridized carbons (Fsp3) is 0.524. The van der Waals surface area contributed by atoms with Crippen LogP contribution in [0.5, 0.6) is 0 Å². The minimum atomic E-state index is -0.354. The van der Waals surface area contributed by atoms with E-state index in [2.05, 4.69) is 24.1 Å². The Kier molecular flexibility index (Phi) is 6.58. The second-order valence-electron chi connectivity index (χ2n) is 7.44. The monoisotopic (exact) mass is 390 g/mol. The van der Waals surface area contributed by atoms with Crippen LogP contribution in [0.25, 0.3) is 11.5 Å². The molecule has 0 bridgehead atoms. The third-order valence-electron chi connectivity index (χ3n) is 5.52. The van der Waals surface area contributed by atoms with Gasteiger partial charge in [0.15, 0.2) is 0 Å². The van der Waals surface area contributed by atoms with Crippen molar-refractivity contribution in [3.63, 3.8) is 0 Å². The van der Waals surface area contributed by atoms with E-state index in [1.807, 2.05) is 6.92 Å². The van der Waals surface area contributed by atoms with Crippen molar-refractivity contribution in [1.29, 1.82) is 0 Å². The quantitative estimate of drug-likeness (QED) is 0.757. The summed E-state index contributed by atoms with van der Waals surface area (Å²) in [6, 6.07) is 6.71. The molecule has 1 amide bonds. The summed E-state index contributed by atoms with van der Waals surface area (Å²) in [5.74, 6) is 2.80. The van der Waals surface area contributed by atoms with Crippen molar-refractivity contribution in [2.24, 2.45) is 11.8 Å². The molecular formula is C21H27FN2O2S. The van der Waals surface area contributed by atoms with Gasteiger partial charge in [-0.1, -0.05) is 38.8 Å². The van der Waals surface area contributed by atoms with E-state index in [0.717, 1.165) is 12.1 Å². The Morgan fingerprint density at radius 2 is 2.11 bits per heavy atom. The third kappa shape index (κ3) is 4.92. The van der Waals surface area contributed by atoms with Crippen molar-refractivity contribution in [1.82, 2.24) is 10.3 Å². The van der Waals surface area contributed by atoms with Gasteiger partial charge < -0.3 is 9.73 Å². The van der Waals surface area contributed by atoms with E-state index in [9.17, 15) is 9.18 Å². The molecule has 1 aromatic heterocycles. The number of aryl methyl sites for hydroxylation is 1. The highest BCUT2D eigenvalue weighted by Gasteiger charge is 2.28. The summed E-state index contributed by atoms with van der Waals surface area (Å²) in [6.07, 6.45) is 3.49. The van der Waals surface area contributed by atoms with Crippen LogP contribution in [-0.2, 0) is 10.5 Å². The van der Waals surface area contributed by atoms with Gasteiger partial charge in [-0.05, 0) is 37.3 Å². The summed E-state index contributed by atoms with van der Waals surface area (Å²) in [4.78, 5) is 16.7. The van der Waals surface area contributed by atoms with Gasteiger partial charge in [-0.2, -0.15) is 0 Å². The number of halogens is 1. The Balaban J connectivity index is 1.52. The number of benzene rings is 1. The second-order valence-corrected chi connectivity index (χ2v) is 8.42. The number of rotatable bonds is 6. The fourth-order valence-corrected chi connectivity index (χ4v) is 4.42. The van der Waals surface area contributed by atoms with Crippen LogP contribution in [0.3, 0.4) is 0 Å². The molecule has 0 spiro atoms. The molecule has 1 aromatic carbocycles. The molecule has 1 saturated carbocycles. The molecule has 1 fully saturated rings. The maximum Gasteiger partial charge on any atom is 0.230 e. The molecule has 3 atom stereocenters. The molecule has 27 heavy (non-hydrogen) atoms. The minimum Gasteiger partial charge on any atom is -0.441 e. The zero-order chi connectivity index (χ0) is 19.4. The van der Waals surface area contributed by atoms with Crippen LogP contribution in [0.1, 0.15) is 44.6 Å². The van der Waals surface area contributed by atoms with E-state index in [4.69, 9.17) is 4.42 Å². The molecule has 146 valence electrons. The van der Waals surface area contributed by atoms with Gasteiger partial charge in [0.1, 0.15) is 11.6 Å². The first-order valence-electron chi connectivity index (χ1n) is 9.54. The van der Waals surface area contributed by atoms with Gasteiger partial charge in [0, 0.05) is 11.8 Å². The highest BCUT2D eigenvalue weighted by Crippen LogP contribution is 2.30. The molecule has 1 N–H and O–H groups in total.